The minimum absolute atomic E-state index is 0.0452. The van der Waals surface area contributed by atoms with Crippen molar-refractivity contribution in [1.82, 2.24) is 4.98 Å². The summed E-state index contributed by atoms with van der Waals surface area (Å²) in [7, 11) is 0. The van der Waals surface area contributed by atoms with Gasteiger partial charge in [0, 0.05) is 16.8 Å². The summed E-state index contributed by atoms with van der Waals surface area (Å²) in [6.45, 7) is 0. The summed E-state index contributed by atoms with van der Waals surface area (Å²) in [4.78, 5) is 3.43. The largest absolute Gasteiger partial charge is 0.434 e. The highest BCUT2D eigenvalue weighted by Gasteiger charge is 2.35. The zero-order chi connectivity index (χ0) is 13.9. The average molecular weight is 304 g/mol. The van der Waals surface area contributed by atoms with E-state index < -0.39 is 11.9 Å². The number of hydrogen-bond donors (Lipinski definition) is 0. The van der Waals surface area contributed by atoms with Crippen molar-refractivity contribution in [2.75, 3.05) is 0 Å². The Labute approximate surface area is 117 Å². The van der Waals surface area contributed by atoms with Crippen LogP contribution in [0.1, 0.15) is 11.3 Å². The van der Waals surface area contributed by atoms with Crippen molar-refractivity contribution < 1.29 is 13.2 Å². The molecule has 0 spiro atoms. The van der Waals surface area contributed by atoms with Crippen LogP contribution >= 0.6 is 23.4 Å². The molecule has 0 aliphatic rings. The predicted molar refractivity (Wildman–Crippen MR) is 70.3 cm³/mol. The van der Waals surface area contributed by atoms with E-state index in [1.807, 2.05) is 30.3 Å². The summed E-state index contributed by atoms with van der Waals surface area (Å²) in [5.41, 5.74) is 0.0541. The fourth-order valence-corrected chi connectivity index (χ4v) is 2.73. The minimum atomic E-state index is -4.47. The maximum absolute atomic E-state index is 12.8. The summed E-state index contributed by atoms with van der Waals surface area (Å²) in [6, 6.07) is 10.6. The van der Waals surface area contributed by atoms with Gasteiger partial charge in [-0.25, -0.2) is 4.98 Å². The molecule has 0 N–H and O–H groups in total. The number of pyridine rings is 1. The van der Waals surface area contributed by atoms with Crippen LogP contribution in [0.15, 0.2) is 47.5 Å². The molecule has 0 unspecified atom stereocenters. The molecule has 1 aromatic heterocycles. The van der Waals surface area contributed by atoms with E-state index in [1.165, 1.54) is 6.07 Å². The van der Waals surface area contributed by atoms with Crippen LogP contribution in [-0.2, 0) is 11.9 Å². The molecule has 0 saturated carbocycles. The number of thioether (sulfide) groups is 1. The number of rotatable bonds is 3. The van der Waals surface area contributed by atoms with Gasteiger partial charge in [-0.1, -0.05) is 41.9 Å². The maximum Gasteiger partial charge on any atom is 0.434 e. The Bertz CT molecular complexity index is 558. The van der Waals surface area contributed by atoms with Gasteiger partial charge in [0.1, 0.15) is 0 Å². The molecular formula is C13H9ClF3NS. The fourth-order valence-electron chi connectivity index (χ4n) is 1.48. The van der Waals surface area contributed by atoms with Crippen molar-refractivity contribution in [2.45, 2.75) is 16.8 Å². The Kier molecular flexibility index (Phi) is 4.37. The van der Waals surface area contributed by atoms with Crippen molar-refractivity contribution >= 4 is 23.4 Å². The lowest BCUT2D eigenvalue weighted by molar-refractivity contribution is -0.143. The second-order valence-electron chi connectivity index (χ2n) is 3.77. The lowest BCUT2D eigenvalue weighted by Gasteiger charge is -2.11. The molecular weight excluding hydrogens is 295 g/mol. The van der Waals surface area contributed by atoms with E-state index in [9.17, 15) is 13.2 Å². The molecule has 19 heavy (non-hydrogen) atoms. The molecule has 0 fully saturated rings. The van der Waals surface area contributed by atoms with Crippen molar-refractivity contribution in [3.63, 3.8) is 0 Å². The van der Waals surface area contributed by atoms with Gasteiger partial charge < -0.3 is 0 Å². The molecule has 0 aliphatic heterocycles. The van der Waals surface area contributed by atoms with Crippen LogP contribution in [0.25, 0.3) is 0 Å². The summed E-state index contributed by atoms with van der Waals surface area (Å²) in [5.74, 6) is 0.436. The first-order chi connectivity index (χ1) is 8.97. The molecule has 1 heterocycles. The third kappa shape index (κ3) is 3.88. The van der Waals surface area contributed by atoms with Crippen LogP contribution in [0.3, 0.4) is 0 Å². The van der Waals surface area contributed by atoms with Crippen molar-refractivity contribution in [1.29, 1.82) is 0 Å². The van der Waals surface area contributed by atoms with Crippen LogP contribution < -0.4 is 0 Å². The third-order valence-electron chi connectivity index (χ3n) is 2.33. The topological polar surface area (TPSA) is 12.9 Å². The second kappa shape index (κ2) is 5.84. The highest BCUT2D eigenvalue weighted by atomic mass is 35.5. The normalized spacial score (nSPS) is 11.6. The molecule has 1 aromatic carbocycles. The molecule has 100 valence electrons. The second-order valence-corrected chi connectivity index (χ2v) is 5.23. The van der Waals surface area contributed by atoms with E-state index in [-0.39, 0.29) is 9.92 Å². The number of hydrogen-bond acceptors (Lipinski definition) is 2. The van der Waals surface area contributed by atoms with E-state index >= 15 is 0 Å². The number of alkyl halides is 3. The Morgan fingerprint density at radius 2 is 1.84 bits per heavy atom. The van der Waals surface area contributed by atoms with Crippen LogP contribution in [0.4, 0.5) is 13.2 Å². The van der Waals surface area contributed by atoms with E-state index in [2.05, 4.69) is 4.98 Å². The Hall–Kier alpha value is -1.20. The van der Waals surface area contributed by atoms with E-state index in [4.69, 9.17) is 11.6 Å². The van der Waals surface area contributed by atoms with Gasteiger partial charge in [-0.3, -0.25) is 0 Å². The minimum Gasteiger partial charge on any atom is -0.249 e. The van der Waals surface area contributed by atoms with E-state index in [1.54, 1.807) is 0 Å². The third-order valence-corrected chi connectivity index (χ3v) is 3.63. The van der Waals surface area contributed by atoms with Gasteiger partial charge >= 0.3 is 6.18 Å². The summed E-state index contributed by atoms with van der Waals surface area (Å²) in [6.07, 6.45) is -3.46. The molecule has 0 atom stereocenters. The summed E-state index contributed by atoms with van der Waals surface area (Å²) >= 11 is 6.78. The van der Waals surface area contributed by atoms with Gasteiger partial charge in [0.05, 0.1) is 5.02 Å². The van der Waals surface area contributed by atoms with Gasteiger partial charge in [0.2, 0.25) is 0 Å². The molecule has 1 nitrogen and oxygen atoms in total. The van der Waals surface area contributed by atoms with Gasteiger partial charge in [-0.05, 0) is 11.6 Å². The number of benzene rings is 1. The van der Waals surface area contributed by atoms with Gasteiger partial charge in [0.15, 0.2) is 5.69 Å². The number of aromatic nitrogens is 1. The zero-order valence-electron chi connectivity index (χ0n) is 9.62. The first-order valence-electron chi connectivity index (χ1n) is 5.36. The van der Waals surface area contributed by atoms with Crippen LogP contribution in [0, 0.1) is 0 Å². The van der Waals surface area contributed by atoms with Crippen molar-refractivity contribution in [2.24, 2.45) is 0 Å². The monoisotopic (exact) mass is 303 g/mol. The highest BCUT2D eigenvalue weighted by Crippen LogP contribution is 2.37. The average Bonchev–Trinajstić information content (AvgIpc) is 2.36. The smallest absolute Gasteiger partial charge is 0.249 e. The quantitative estimate of drug-likeness (QED) is 0.736. The molecule has 0 amide bonds. The SMILES string of the molecule is FC(F)(F)c1ncc(Cl)cc1SCc1ccccc1. The summed E-state index contributed by atoms with van der Waals surface area (Å²) < 4.78 is 38.4. The van der Waals surface area contributed by atoms with Crippen LogP contribution in [0.2, 0.25) is 5.02 Å². The van der Waals surface area contributed by atoms with Gasteiger partial charge in [-0.15, -0.1) is 11.8 Å². The maximum atomic E-state index is 12.8. The zero-order valence-corrected chi connectivity index (χ0v) is 11.2. The molecule has 0 bridgehead atoms. The molecule has 0 saturated heterocycles. The fraction of sp³-hybridized carbons (Fsp3) is 0.154. The molecule has 2 aromatic rings. The Morgan fingerprint density at radius 3 is 2.47 bits per heavy atom. The van der Waals surface area contributed by atoms with Crippen LogP contribution in [0.5, 0.6) is 0 Å². The van der Waals surface area contributed by atoms with Crippen molar-refractivity contribution in [3.8, 4) is 0 Å². The molecule has 0 aliphatic carbocycles. The highest BCUT2D eigenvalue weighted by molar-refractivity contribution is 7.98. The Balaban J connectivity index is 2.22. The first-order valence-corrected chi connectivity index (χ1v) is 6.72. The lowest BCUT2D eigenvalue weighted by atomic mass is 10.2. The van der Waals surface area contributed by atoms with E-state index in [0.29, 0.717) is 5.75 Å². The molecule has 0 radical (unpaired) electrons. The van der Waals surface area contributed by atoms with E-state index in [0.717, 1.165) is 23.5 Å². The number of halogens is 4. The Morgan fingerprint density at radius 1 is 1.16 bits per heavy atom. The predicted octanol–water partition coefficient (Wildman–Crippen LogP) is 5.05. The van der Waals surface area contributed by atoms with Crippen molar-refractivity contribution in [3.05, 3.63) is 58.9 Å². The van der Waals surface area contributed by atoms with Gasteiger partial charge in [0.25, 0.3) is 0 Å². The molecule has 2 rings (SSSR count). The van der Waals surface area contributed by atoms with Gasteiger partial charge in [-0.2, -0.15) is 13.2 Å². The standard InChI is InChI=1S/C13H9ClF3NS/c14-10-6-11(12(18-7-10)13(15,16)17)19-8-9-4-2-1-3-5-9/h1-7H,8H2. The number of nitrogens with zero attached hydrogens (tertiary/aromatic N) is 1. The lowest BCUT2D eigenvalue weighted by Crippen LogP contribution is -2.09. The van der Waals surface area contributed by atoms with Crippen LogP contribution in [-0.4, -0.2) is 4.98 Å². The summed E-state index contributed by atoms with van der Waals surface area (Å²) in [5, 5.41) is 0.198. The molecule has 6 heteroatoms. The first kappa shape index (κ1) is 14.2.